The molecule has 0 saturated heterocycles. The molecule has 0 aliphatic carbocycles. The van der Waals surface area contributed by atoms with E-state index in [-0.39, 0.29) is 10.8 Å². The Labute approximate surface area is 188 Å². The molecule has 2 N–H and O–H groups in total. The van der Waals surface area contributed by atoms with Crippen LogP contribution in [0.2, 0.25) is 0 Å². The van der Waals surface area contributed by atoms with Crippen molar-refractivity contribution in [3.63, 3.8) is 0 Å². The first-order chi connectivity index (χ1) is 15.0. The summed E-state index contributed by atoms with van der Waals surface area (Å²) in [4.78, 5) is 14.3. The van der Waals surface area contributed by atoms with Crippen LogP contribution in [0.15, 0.2) is 94.7 Å². The summed E-state index contributed by atoms with van der Waals surface area (Å²) in [6, 6.07) is 25.6. The Bertz CT molecular complexity index is 1070. The van der Waals surface area contributed by atoms with E-state index < -0.39 is 15.3 Å². The summed E-state index contributed by atoms with van der Waals surface area (Å²) in [6.07, 6.45) is 1.70. The SMILES string of the molecule is CCCCNS(=O)(=O)c1ccc(NC(=O)[C@H](Sc2ccccc2)c2ccccc2)cc1. The molecule has 1 atom stereocenters. The van der Waals surface area contributed by atoms with E-state index in [1.54, 1.807) is 12.1 Å². The molecule has 1 amide bonds. The van der Waals surface area contributed by atoms with Gasteiger partial charge < -0.3 is 5.32 Å². The largest absolute Gasteiger partial charge is 0.325 e. The Kier molecular flexibility index (Phi) is 8.28. The van der Waals surface area contributed by atoms with Gasteiger partial charge in [0.1, 0.15) is 5.25 Å². The van der Waals surface area contributed by atoms with Crippen LogP contribution in [-0.2, 0) is 14.8 Å². The average Bonchev–Trinajstić information content (AvgIpc) is 2.79. The molecule has 0 aliphatic heterocycles. The number of carbonyl (C=O) groups excluding carboxylic acids is 1. The van der Waals surface area contributed by atoms with E-state index in [1.165, 1.54) is 23.9 Å². The monoisotopic (exact) mass is 454 g/mol. The van der Waals surface area contributed by atoms with Crippen LogP contribution in [0, 0.1) is 0 Å². The number of carbonyl (C=O) groups is 1. The van der Waals surface area contributed by atoms with E-state index >= 15 is 0 Å². The van der Waals surface area contributed by atoms with Crippen molar-refractivity contribution < 1.29 is 13.2 Å². The molecule has 0 aliphatic rings. The molecule has 0 radical (unpaired) electrons. The van der Waals surface area contributed by atoms with Gasteiger partial charge in [-0.3, -0.25) is 4.79 Å². The van der Waals surface area contributed by atoms with Gasteiger partial charge in [-0.05, 0) is 48.4 Å². The number of thioether (sulfide) groups is 1. The number of benzene rings is 3. The van der Waals surface area contributed by atoms with Crippen LogP contribution in [0.1, 0.15) is 30.6 Å². The third kappa shape index (κ3) is 6.69. The number of unbranched alkanes of at least 4 members (excludes halogenated alkanes) is 1. The maximum Gasteiger partial charge on any atom is 0.242 e. The molecule has 0 spiro atoms. The second-order valence-electron chi connectivity index (χ2n) is 6.99. The van der Waals surface area contributed by atoms with E-state index in [9.17, 15) is 13.2 Å². The Morgan fingerprint density at radius 2 is 1.52 bits per heavy atom. The topological polar surface area (TPSA) is 75.3 Å². The number of nitrogens with one attached hydrogen (secondary N) is 2. The minimum atomic E-state index is -3.54. The van der Waals surface area contributed by atoms with Gasteiger partial charge in [0.2, 0.25) is 15.9 Å². The molecular formula is C24H26N2O3S2. The minimum absolute atomic E-state index is 0.170. The van der Waals surface area contributed by atoms with Gasteiger partial charge in [0.25, 0.3) is 0 Å². The third-order valence-electron chi connectivity index (χ3n) is 4.59. The Morgan fingerprint density at radius 3 is 2.13 bits per heavy atom. The highest BCUT2D eigenvalue weighted by atomic mass is 32.2. The highest BCUT2D eigenvalue weighted by molar-refractivity contribution is 8.00. The van der Waals surface area contributed by atoms with E-state index in [0.29, 0.717) is 12.2 Å². The lowest BCUT2D eigenvalue weighted by atomic mass is 10.1. The molecule has 0 aromatic heterocycles. The van der Waals surface area contributed by atoms with Crippen LogP contribution >= 0.6 is 11.8 Å². The second kappa shape index (κ2) is 11.1. The minimum Gasteiger partial charge on any atom is -0.325 e. The van der Waals surface area contributed by atoms with Crippen molar-refractivity contribution in [3.05, 3.63) is 90.5 Å². The predicted molar refractivity (Wildman–Crippen MR) is 127 cm³/mol. The quantitative estimate of drug-likeness (QED) is 0.325. The molecule has 7 heteroatoms. The smallest absolute Gasteiger partial charge is 0.242 e. The number of anilines is 1. The number of rotatable bonds is 10. The first-order valence-electron chi connectivity index (χ1n) is 10.2. The Balaban J connectivity index is 1.74. The molecule has 0 fully saturated rings. The van der Waals surface area contributed by atoms with E-state index in [4.69, 9.17) is 0 Å². The maximum absolute atomic E-state index is 13.1. The zero-order valence-corrected chi connectivity index (χ0v) is 19.0. The summed E-state index contributed by atoms with van der Waals surface area (Å²) in [5.41, 5.74) is 1.44. The normalized spacial score (nSPS) is 12.3. The summed E-state index contributed by atoms with van der Waals surface area (Å²) >= 11 is 1.47. The van der Waals surface area contributed by atoms with Crippen molar-refractivity contribution in [2.45, 2.75) is 34.8 Å². The molecule has 3 aromatic rings. The molecule has 0 bridgehead atoms. The lowest BCUT2D eigenvalue weighted by molar-refractivity contribution is -0.115. The van der Waals surface area contributed by atoms with Gasteiger partial charge in [-0.15, -0.1) is 11.8 Å². The first kappa shape index (κ1) is 23.1. The summed E-state index contributed by atoms with van der Waals surface area (Å²) < 4.78 is 27.3. The molecule has 5 nitrogen and oxygen atoms in total. The fourth-order valence-corrected chi connectivity index (χ4v) is 5.05. The van der Waals surface area contributed by atoms with Gasteiger partial charge in [0.15, 0.2) is 0 Å². The van der Waals surface area contributed by atoms with Gasteiger partial charge in [0.05, 0.1) is 4.90 Å². The van der Waals surface area contributed by atoms with E-state index in [1.807, 2.05) is 67.6 Å². The van der Waals surface area contributed by atoms with E-state index in [0.717, 1.165) is 23.3 Å². The second-order valence-corrected chi connectivity index (χ2v) is 9.93. The molecular weight excluding hydrogens is 428 g/mol. The molecule has 0 unspecified atom stereocenters. The lowest BCUT2D eigenvalue weighted by Crippen LogP contribution is -2.24. The fourth-order valence-electron chi connectivity index (χ4n) is 2.93. The average molecular weight is 455 g/mol. The van der Waals surface area contributed by atoms with E-state index in [2.05, 4.69) is 10.0 Å². The van der Waals surface area contributed by atoms with Gasteiger partial charge >= 0.3 is 0 Å². The van der Waals surface area contributed by atoms with Gasteiger partial charge in [-0.2, -0.15) is 0 Å². The molecule has 0 saturated carbocycles. The fraction of sp³-hybridized carbons (Fsp3) is 0.208. The maximum atomic E-state index is 13.1. The highest BCUT2D eigenvalue weighted by Crippen LogP contribution is 2.36. The molecule has 162 valence electrons. The van der Waals surface area contributed by atoms with Crippen molar-refractivity contribution in [3.8, 4) is 0 Å². The van der Waals surface area contributed by atoms with Crippen molar-refractivity contribution in [2.24, 2.45) is 0 Å². The number of hydrogen-bond donors (Lipinski definition) is 2. The van der Waals surface area contributed by atoms with Crippen LogP contribution in [-0.4, -0.2) is 20.9 Å². The molecule has 31 heavy (non-hydrogen) atoms. The number of sulfonamides is 1. The van der Waals surface area contributed by atoms with Crippen LogP contribution < -0.4 is 10.0 Å². The Hall–Kier alpha value is -2.61. The number of amides is 1. The summed E-state index contributed by atoms with van der Waals surface area (Å²) in [6.45, 7) is 2.41. The predicted octanol–water partition coefficient (Wildman–Crippen LogP) is 5.24. The zero-order chi connectivity index (χ0) is 22.1. The van der Waals surface area contributed by atoms with Gasteiger partial charge in [-0.25, -0.2) is 13.1 Å². The third-order valence-corrected chi connectivity index (χ3v) is 7.34. The molecule has 3 rings (SSSR count). The van der Waals surface area contributed by atoms with Crippen LogP contribution in [0.4, 0.5) is 5.69 Å². The van der Waals surface area contributed by atoms with Crippen molar-refractivity contribution in [1.82, 2.24) is 4.72 Å². The van der Waals surface area contributed by atoms with Gasteiger partial charge in [0, 0.05) is 17.1 Å². The van der Waals surface area contributed by atoms with Crippen LogP contribution in [0.3, 0.4) is 0 Å². The summed E-state index contributed by atoms with van der Waals surface area (Å²) in [5, 5.41) is 2.47. The van der Waals surface area contributed by atoms with Crippen molar-refractivity contribution >= 4 is 33.4 Å². The number of hydrogen-bond acceptors (Lipinski definition) is 4. The molecule has 3 aromatic carbocycles. The van der Waals surface area contributed by atoms with Crippen LogP contribution in [0.5, 0.6) is 0 Å². The van der Waals surface area contributed by atoms with Gasteiger partial charge in [-0.1, -0.05) is 61.9 Å². The summed E-state index contributed by atoms with van der Waals surface area (Å²) in [5.74, 6) is -0.170. The first-order valence-corrected chi connectivity index (χ1v) is 12.5. The zero-order valence-electron chi connectivity index (χ0n) is 17.3. The van der Waals surface area contributed by atoms with Crippen LogP contribution in [0.25, 0.3) is 0 Å². The summed E-state index contributed by atoms with van der Waals surface area (Å²) in [7, 11) is -3.54. The lowest BCUT2D eigenvalue weighted by Gasteiger charge is -2.17. The van der Waals surface area contributed by atoms with Crippen molar-refractivity contribution in [1.29, 1.82) is 0 Å². The standard InChI is InChI=1S/C24H26N2O3S2/c1-2-3-18-25-31(28,29)22-16-14-20(15-17-22)26-24(27)23(19-10-6-4-7-11-19)30-21-12-8-5-9-13-21/h4-17,23,25H,2-3,18H2,1H3,(H,26,27)/t23-/m1/s1. The Morgan fingerprint density at radius 1 is 0.903 bits per heavy atom. The van der Waals surface area contributed by atoms with Crippen molar-refractivity contribution in [2.75, 3.05) is 11.9 Å². The highest BCUT2D eigenvalue weighted by Gasteiger charge is 2.22. The molecule has 0 heterocycles.